The molecule has 9 heteroatoms. The zero-order valence-corrected chi connectivity index (χ0v) is 16.4. The number of piperidine rings is 1. The Labute approximate surface area is 168 Å². The van der Waals surface area contributed by atoms with Gasteiger partial charge in [-0.1, -0.05) is 23.2 Å². The summed E-state index contributed by atoms with van der Waals surface area (Å²) in [5.74, 6) is -0.683. The van der Waals surface area contributed by atoms with Crippen LogP contribution in [0.25, 0.3) is 0 Å². The van der Waals surface area contributed by atoms with E-state index in [0.29, 0.717) is 33.6 Å². The zero-order valence-electron chi connectivity index (χ0n) is 14.1. The summed E-state index contributed by atoms with van der Waals surface area (Å²) in [6.45, 7) is 1.86. The summed E-state index contributed by atoms with van der Waals surface area (Å²) in [4.78, 5) is 23.9. The molecule has 1 aromatic rings. The molecule has 0 aliphatic carbocycles. The Bertz CT molecular complexity index is 681. The first kappa shape index (κ1) is 21.1. The van der Waals surface area contributed by atoms with Crippen LogP contribution in [-0.2, 0) is 9.59 Å². The molecule has 2 atom stereocenters. The van der Waals surface area contributed by atoms with Gasteiger partial charge in [0.25, 0.3) is 0 Å². The smallest absolute Gasteiger partial charge is 0.326 e. The number of nitrogens with one attached hydrogen (secondary N) is 3. The fraction of sp³-hybridized carbons (Fsp3) is 0.529. The summed E-state index contributed by atoms with van der Waals surface area (Å²) in [7, 11) is 0. The van der Waals surface area contributed by atoms with Crippen LogP contribution in [0, 0.1) is 5.92 Å². The molecule has 144 valence electrons. The lowest BCUT2D eigenvalue weighted by Crippen LogP contribution is -2.42. The first-order valence-electron chi connectivity index (χ1n) is 8.42. The normalized spacial score (nSPS) is 22.5. The molecule has 0 saturated carbocycles. The minimum Gasteiger partial charge on any atom is -0.480 e. The number of halogens is 3. The maximum atomic E-state index is 12.5. The van der Waals surface area contributed by atoms with Crippen LogP contribution in [0.15, 0.2) is 12.1 Å². The number of carbonyl (C=O) groups excluding carboxylic acids is 1. The summed E-state index contributed by atoms with van der Waals surface area (Å²) < 4.78 is 0. The van der Waals surface area contributed by atoms with Gasteiger partial charge in [0, 0.05) is 34.1 Å². The molecule has 2 heterocycles. The maximum absolute atomic E-state index is 12.5. The zero-order chi connectivity index (χ0) is 18.0. The monoisotopic (exact) mass is 421 g/mol. The van der Waals surface area contributed by atoms with E-state index in [1.54, 1.807) is 12.1 Å². The molecule has 1 amide bonds. The van der Waals surface area contributed by atoms with Crippen molar-refractivity contribution in [2.45, 2.75) is 37.8 Å². The SMILES string of the molecule is Cl.O=C(CC1CCNCC1)N[C@H]1C[C@H](C(=O)O)Nc2cc(Cl)cc(Cl)c21. The highest BCUT2D eigenvalue weighted by Crippen LogP contribution is 2.40. The maximum Gasteiger partial charge on any atom is 0.326 e. The van der Waals surface area contributed by atoms with Crippen LogP contribution in [-0.4, -0.2) is 36.1 Å². The van der Waals surface area contributed by atoms with E-state index >= 15 is 0 Å². The second-order valence-electron chi connectivity index (χ2n) is 6.64. The highest BCUT2D eigenvalue weighted by atomic mass is 35.5. The third kappa shape index (κ3) is 4.94. The molecule has 6 nitrogen and oxygen atoms in total. The van der Waals surface area contributed by atoms with Crippen LogP contribution in [0.1, 0.15) is 37.3 Å². The summed E-state index contributed by atoms with van der Waals surface area (Å²) in [6, 6.07) is 2.00. The van der Waals surface area contributed by atoms with E-state index in [1.165, 1.54) is 0 Å². The molecule has 0 spiro atoms. The van der Waals surface area contributed by atoms with E-state index in [9.17, 15) is 14.7 Å². The second kappa shape index (κ2) is 9.13. The molecule has 1 fully saturated rings. The average Bonchev–Trinajstić information content (AvgIpc) is 2.54. The van der Waals surface area contributed by atoms with Gasteiger partial charge in [0.1, 0.15) is 6.04 Å². The van der Waals surface area contributed by atoms with Gasteiger partial charge in [0.2, 0.25) is 5.91 Å². The number of carboxylic acid groups (broad SMARTS) is 1. The highest BCUT2D eigenvalue weighted by Gasteiger charge is 2.33. The number of carboxylic acids is 1. The van der Waals surface area contributed by atoms with E-state index < -0.39 is 18.1 Å². The van der Waals surface area contributed by atoms with Gasteiger partial charge >= 0.3 is 5.97 Å². The third-order valence-corrected chi connectivity index (χ3v) is 5.34. The number of fused-ring (bicyclic) bond motifs is 1. The molecule has 4 N–H and O–H groups in total. The van der Waals surface area contributed by atoms with Crippen LogP contribution >= 0.6 is 35.6 Å². The Morgan fingerprint density at radius 2 is 1.92 bits per heavy atom. The van der Waals surface area contributed by atoms with Crippen molar-refractivity contribution in [1.29, 1.82) is 0 Å². The first-order valence-corrected chi connectivity index (χ1v) is 9.18. The van der Waals surface area contributed by atoms with Crippen molar-refractivity contribution in [2.75, 3.05) is 18.4 Å². The van der Waals surface area contributed by atoms with Crippen LogP contribution in [0.3, 0.4) is 0 Å². The largest absolute Gasteiger partial charge is 0.480 e. The lowest BCUT2D eigenvalue weighted by molar-refractivity contribution is -0.138. The third-order valence-electron chi connectivity index (χ3n) is 4.81. The van der Waals surface area contributed by atoms with Crippen molar-refractivity contribution in [3.63, 3.8) is 0 Å². The molecule has 0 bridgehead atoms. The van der Waals surface area contributed by atoms with Gasteiger partial charge in [-0.2, -0.15) is 0 Å². The predicted molar refractivity (Wildman–Crippen MR) is 104 cm³/mol. The van der Waals surface area contributed by atoms with Gasteiger partial charge in [0.15, 0.2) is 0 Å². The van der Waals surface area contributed by atoms with E-state index in [2.05, 4.69) is 16.0 Å². The molecular weight excluding hydrogens is 401 g/mol. The van der Waals surface area contributed by atoms with E-state index in [0.717, 1.165) is 25.9 Å². The minimum atomic E-state index is -0.973. The number of hydrogen-bond donors (Lipinski definition) is 4. The van der Waals surface area contributed by atoms with Crippen LogP contribution in [0.4, 0.5) is 5.69 Å². The molecule has 1 saturated heterocycles. The molecule has 3 rings (SSSR count). The molecule has 0 aromatic heterocycles. The fourth-order valence-electron chi connectivity index (χ4n) is 3.55. The second-order valence-corrected chi connectivity index (χ2v) is 7.48. The molecule has 0 radical (unpaired) electrons. The lowest BCUT2D eigenvalue weighted by Gasteiger charge is -2.33. The summed E-state index contributed by atoms with van der Waals surface area (Å²) in [5.41, 5.74) is 1.26. The quantitative estimate of drug-likeness (QED) is 0.598. The van der Waals surface area contributed by atoms with Crippen molar-refractivity contribution in [3.05, 3.63) is 27.7 Å². The summed E-state index contributed by atoms with van der Waals surface area (Å²) in [5, 5.41) is 19.4. The number of benzene rings is 1. The van der Waals surface area contributed by atoms with E-state index in [4.69, 9.17) is 23.2 Å². The molecular formula is C17H22Cl3N3O3. The molecule has 2 aliphatic rings. The van der Waals surface area contributed by atoms with Crippen LogP contribution in [0.5, 0.6) is 0 Å². The minimum absolute atomic E-state index is 0. The number of hydrogen-bond acceptors (Lipinski definition) is 4. The van der Waals surface area contributed by atoms with Crippen LogP contribution < -0.4 is 16.0 Å². The first-order chi connectivity index (χ1) is 11.9. The molecule has 2 aliphatic heterocycles. The molecule has 1 aromatic carbocycles. The number of anilines is 1. The Morgan fingerprint density at radius 3 is 2.58 bits per heavy atom. The van der Waals surface area contributed by atoms with E-state index in [1.807, 2.05) is 0 Å². The predicted octanol–water partition coefficient (Wildman–Crippen LogP) is 3.23. The standard InChI is InChI=1S/C17H21Cl2N3O3.ClH/c18-10-6-11(19)16-12(7-10)21-14(17(24)25)8-13(16)22-15(23)5-9-1-3-20-4-2-9;/h6-7,9,13-14,20-21H,1-5,8H2,(H,22,23)(H,24,25);1H/t13-,14+;/m0./s1. The van der Waals surface area contributed by atoms with E-state index in [-0.39, 0.29) is 24.7 Å². The molecule has 0 unspecified atom stereocenters. The van der Waals surface area contributed by atoms with Crippen molar-refractivity contribution in [1.82, 2.24) is 10.6 Å². The van der Waals surface area contributed by atoms with Gasteiger partial charge in [-0.3, -0.25) is 4.79 Å². The number of aliphatic carboxylic acids is 1. The Hall–Kier alpha value is -1.21. The van der Waals surface area contributed by atoms with Gasteiger partial charge < -0.3 is 21.1 Å². The molecule has 26 heavy (non-hydrogen) atoms. The Balaban J connectivity index is 0.00000243. The summed E-state index contributed by atoms with van der Waals surface area (Å²) >= 11 is 12.3. The van der Waals surface area contributed by atoms with Gasteiger partial charge in [-0.15, -0.1) is 12.4 Å². The number of carbonyl (C=O) groups is 2. The fourth-order valence-corrected chi connectivity index (χ4v) is 4.18. The number of rotatable bonds is 4. The van der Waals surface area contributed by atoms with Crippen molar-refractivity contribution >= 4 is 53.2 Å². The van der Waals surface area contributed by atoms with Crippen molar-refractivity contribution in [3.8, 4) is 0 Å². The van der Waals surface area contributed by atoms with Crippen LogP contribution in [0.2, 0.25) is 10.0 Å². The Kier molecular flexibility index (Phi) is 7.41. The van der Waals surface area contributed by atoms with Gasteiger partial charge in [-0.05, 0) is 44.0 Å². The number of amides is 1. The highest BCUT2D eigenvalue weighted by molar-refractivity contribution is 6.35. The Morgan fingerprint density at radius 1 is 1.23 bits per heavy atom. The van der Waals surface area contributed by atoms with Gasteiger partial charge in [0.05, 0.1) is 6.04 Å². The average molecular weight is 423 g/mol. The van der Waals surface area contributed by atoms with Gasteiger partial charge in [-0.25, -0.2) is 4.79 Å². The van der Waals surface area contributed by atoms with Crippen molar-refractivity contribution in [2.24, 2.45) is 5.92 Å². The van der Waals surface area contributed by atoms with Crippen molar-refractivity contribution < 1.29 is 14.7 Å². The lowest BCUT2D eigenvalue weighted by atomic mass is 9.91. The topological polar surface area (TPSA) is 90.5 Å². The summed E-state index contributed by atoms with van der Waals surface area (Å²) in [6.07, 6.45) is 2.64.